The molecule has 0 atom stereocenters. The Balaban J connectivity index is 1.67. The van der Waals surface area contributed by atoms with Crippen molar-refractivity contribution in [2.45, 2.75) is 32.3 Å². The van der Waals surface area contributed by atoms with E-state index in [4.69, 9.17) is 4.74 Å². The Kier molecular flexibility index (Phi) is 5.39. The van der Waals surface area contributed by atoms with Crippen LogP contribution in [0.15, 0.2) is 54.6 Å². The monoisotopic (exact) mass is 459 g/mol. The Morgan fingerprint density at radius 1 is 1.03 bits per heavy atom. The lowest BCUT2D eigenvalue weighted by atomic mass is 10.0. The maximum Gasteiger partial charge on any atom is 0.573 e. The van der Waals surface area contributed by atoms with E-state index in [-0.39, 0.29) is 12.2 Å². The largest absolute Gasteiger partial charge is 0.573 e. The summed E-state index contributed by atoms with van der Waals surface area (Å²) in [7, 11) is 1.49. The predicted octanol–water partition coefficient (Wildman–Crippen LogP) is 4.89. The number of hydrogen-bond donors (Lipinski definition) is 0. The Bertz CT molecular complexity index is 1230. The van der Waals surface area contributed by atoms with Crippen LogP contribution in [0, 0.1) is 0 Å². The van der Waals surface area contributed by atoms with Gasteiger partial charge in [0.2, 0.25) is 5.88 Å². The van der Waals surface area contributed by atoms with Crippen LogP contribution in [0.25, 0.3) is 10.9 Å². The van der Waals surface area contributed by atoms with Crippen molar-refractivity contribution in [1.29, 1.82) is 0 Å². The van der Waals surface area contributed by atoms with Crippen molar-refractivity contribution in [3.8, 4) is 11.6 Å². The molecule has 1 fully saturated rings. The molecule has 1 aliphatic rings. The fourth-order valence-electron chi connectivity index (χ4n) is 3.75. The first-order chi connectivity index (χ1) is 15.5. The van der Waals surface area contributed by atoms with Crippen molar-refractivity contribution in [3.63, 3.8) is 0 Å². The second kappa shape index (κ2) is 7.95. The highest BCUT2D eigenvalue weighted by Gasteiger charge is 2.51. The van der Waals surface area contributed by atoms with Gasteiger partial charge in [-0.2, -0.15) is 0 Å². The number of pyridine rings is 1. The molecule has 1 aromatic heterocycles. The van der Waals surface area contributed by atoms with E-state index in [0.29, 0.717) is 11.4 Å². The first kappa shape index (κ1) is 22.4. The molecule has 0 unspecified atom stereocenters. The summed E-state index contributed by atoms with van der Waals surface area (Å²) in [5.74, 6) is -0.573. The topological polar surface area (TPSA) is 72.0 Å². The second-order valence-electron chi connectivity index (χ2n) is 7.95. The summed E-state index contributed by atoms with van der Waals surface area (Å²) < 4.78 is 46.4. The number of fused-ring (bicyclic) bond motifs is 1. The first-order valence-corrected chi connectivity index (χ1v) is 9.96. The number of methoxy groups -OCH3 is 1. The van der Waals surface area contributed by atoms with E-state index in [1.807, 2.05) is 24.3 Å². The minimum atomic E-state index is -4.84. The zero-order valence-electron chi connectivity index (χ0n) is 18.0. The number of halogens is 3. The Morgan fingerprint density at radius 2 is 1.70 bits per heavy atom. The highest BCUT2D eigenvalue weighted by Crippen LogP contribution is 2.36. The average molecular weight is 459 g/mol. The zero-order valence-corrected chi connectivity index (χ0v) is 18.0. The Labute approximate surface area is 187 Å². The summed E-state index contributed by atoms with van der Waals surface area (Å²) in [4.78, 5) is 33.2. The lowest BCUT2D eigenvalue weighted by Gasteiger charge is -2.28. The Hall–Kier alpha value is -3.82. The molecule has 0 bridgehead atoms. The molecule has 3 amide bonds. The van der Waals surface area contributed by atoms with Gasteiger partial charge < -0.3 is 14.4 Å². The number of nitrogens with zero attached hydrogens (tertiary/aromatic N) is 3. The fraction of sp³-hybridized carbons (Fsp3) is 0.261. The highest BCUT2D eigenvalue weighted by atomic mass is 19.4. The third-order valence-corrected chi connectivity index (χ3v) is 5.47. The number of amides is 3. The van der Waals surface area contributed by atoms with E-state index in [9.17, 15) is 22.8 Å². The summed E-state index contributed by atoms with van der Waals surface area (Å²) in [6.07, 6.45) is -4.84. The molecule has 10 heteroatoms. The van der Waals surface area contributed by atoms with Crippen molar-refractivity contribution >= 4 is 28.5 Å². The molecule has 0 N–H and O–H groups in total. The van der Waals surface area contributed by atoms with Gasteiger partial charge in [-0.15, -0.1) is 13.2 Å². The van der Waals surface area contributed by atoms with E-state index >= 15 is 0 Å². The number of hydrogen-bond acceptors (Lipinski definition) is 5. The molecule has 1 saturated heterocycles. The van der Waals surface area contributed by atoms with E-state index < -0.39 is 29.6 Å². The number of benzene rings is 2. The molecule has 0 saturated carbocycles. The molecule has 172 valence electrons. The van der Waals surface area contributed by atoms with Crippen LogP contribution in [0.3, 0.4) is 0 Å². The third-order valence-electron chi connectivity index (χ3n) is 5.47. The number of aromatic nitrogens is 1. The van der Waals surface area contributed by atoms with Crippen molar-refractivity contribution in [1.82, 2.24) is 9.88 Å². The third kappa shape index (κ3) is 4.15. The van der Waals surface area contributed by atoms with Gasteiger partial charge in [0.15, 0.2) is 0 Å². The molecule has 0 spiro atoms. The maximum atomic E-state index is 13.3. The molecule has 7 nitrogen and oxygen atoms in total. The van der Waals surface area contributed by atoms with Crippen LogP contribution in [-0.2, 0) is 11.3 Å². The summed E-state index contributed by atoms with van der Waals surface area (Å²) >= 11 is 0. The van der Waals surface area contributed by atoms with Gasteiger partial charge >= 0.3 is 12.4 Å². The van der Waals surface area contributed by atoms with E-state index in [2.05, 4.69) is 9.72 Å². The number of urea groups is 1. The number of para-hydroxylation sites is 1. The normalized spacial score (nSPS) is 15.9. The Morgan fingerprint density at radius 3 is 2.33 bits per heavy atom. The summed E-state index contributed by atoms with van der Waals surface area (Å²) in [5.41, 5.74) is 0.366. The number of alkyl halides is 3. The molecule has 1 aliphatic heterocycles. The van der Waals surface area contributed by atoms with Gasteiger partial charge in [-0.3, -0.25) is 4.79 Å². The van der Waals surface area contributed by atoms with Crippen molar-refractivity contribution in [3.05, 3.63) is 60.2 Å². The SMILES string of the molecule is COc1cc(CN2C(=O)N(c3ccc(OC(F)(F)F)cc3)C(=O)C2(C)C)c2ccccc2n1. The fourth-order valence-corrected chi connectivity index (χ4v) is 3.75. The second-order valence-corrected chi connectivity index (χ2v) is 7.95. The van der Waals surface area contributed by atoms with Crippen molar-refractivity contribution < 1.29 is 32.2 Å². The van der Waals surface area contributed by atoms with E-state index in [0.717, 1.165) is 28.0 Å². The molecule has 33 heavy (non-hydrogen) atoms. The number of carbonyl (C=O) groups is 2. The summed E-state index contributed by atoms with van der Waals surface area (Å²) in [5, 5.41) is 0.807. The summed E-state index contributed by atoms with van der Waals surface area (Å²) in [6, 6.07) is 13.1. The van der Waals surface area contributed by atoms with Gasteiger partial charge in [0.1, 0.15) is 11.3 Å². The van der Waals surface area contributed by atoms with Crippen LogP contribution in [-0.4, -0.2) is 40.8 Å². The van der Waals surface area contributed by atoms with Crippen molar-refractivity contribution in [2.75, 3.05) is 12.0 Å². The maximum absolute atomic E-state index is 13.3. The van der Waals surface area contributed by atoms with Gasteiger partial charge in [-0.05, 0) is 49.7 Å². The molecule has 0 aliphatic carbocycles. The van der Waals surface area contributed by atoms with E-state index in [1.165, 1.54) is 24.1 Å². The lowest BCUT2D eigenvalue weighted by Crippen LogP contribution is -2.43. The number of rotatable bonds is 5. The van der Waals surface area contributed by atoms with Gasteiger partial charge in [0.25, 0.3) is 5.91 Å². The molecular weight excluding hydrogens is 439 g/mol. The van der Waals surface area contributed by atoms with Gasteiger partial charge in [-0.1, -0.05) is 18.2 Å². The van der Waals surface area contributed by atoms with Gasteiger partial charge in [-0.25, -0.2) is 14.7 Å². The molecule has 3 aromatic rings. The zero-order chi connectivity index (χ0) is 24.0. The molecular formula is C23H20F3N3O4. The number of imide groups is 1. The molecule has 4 rings (SSSR count). The quantitative estimate of drug-likeness (QED) is 0.508. The minimum absolute atomic E-state index is 0.0999. The molecule has 0 radical (unpaired) electrons. The van der Waals surface area contributed by atoms with Crippen LogP contribution in [0.2, 0.25) is 0 Å². The van der Waals surface area contributed by atoms with Gasteiger partial charge in [0, 0.05) is 18.0 Å². The lowest BCUT2D eigenvalue weighted by molar-refractivity contribution is -0.274. The van der Waals surface area contributed by atoms with Crippen LogP contribution >= 0.6 is 0 Å². The number of anilines is 1. The van der Waals surface area contributed by atoms with Crippen LogP contribution in [0.1, 0.15) is 19.4 Å². The van der Waals surface area contributed by atoms with Crippen LogP contribution < -0.4 is 14.4 Å². The van der Waals surface area contributed by atoms with Gasteiger partial charge in [0.05, 0.1) is 18.3 Å². The van der Waals surface area contributed by atoms with Crippen molar-refractivity contribution in [2.24, 2.45) is 0 Å². The van der Waals surface area contributed by atoms with Crippen LogP contribution in [0.4, 0.5) is 23.7 Å². The summed E-state index contributed by atoms with van der Waals surface area (Å²) in [6.45, 7) is 3.34. The smallest absolute Gasteiger partial charge is 0.481 e. The number of carbonyl (C=O) groups excluding carboxylic acids is 2. The molecule has 2 aromatic carbocycles. The van der Waals surface area contributed by atoms with Crippen LogP contribution in [0.5, 0.6) is 11.6 Å². The minimum Gasteiger partial charge on any atom is -0.481 e. The highest BCUT2D eigenvalue weighted by molar-refractivity contribution is 6.23. The predicted molar refractivity (Wildman–Crippen MR) is 114 cm³/mol. The average Bonchev–Trinajstić information content (AvgIpc) is 2.92. The molecule has 2 heterocycles. The number of ether oxygens (including phenoxy) is 2. The standard InChI is InChI=1S/C23H20F3N3O4/c1-22(2)20(30)29(15-8-10-16(11-9-15)33-23(24,25)26)21(31)28(22)13-14-12-19(32-3)27-18-7-5-4-6-17(14)18/h4-12H,13H2,1-3H3. The van der Waals surface area contributed by atoms with E-state index in [1.54, 1.807) is 19.9 Å². The first-order valence-electron chi connectivity index (χ1n) is 9.96.